The van der Waals surface area contributed by atoms with E-state index in [1.165, 1.54) is 16.8 Å². The fourth-order valence-electron chi connectivity index (χ4n) is 2.63. The van der Waals surface area contributed by atoms with Gasteiger partial charge < -0.3 is 9.13 Å². The van der Waals surface area contributed by atoms with E-state index in [1.54, 1.807) is 11.8 Å². The Hall–Kier alpha value is -2.27. The Morgan fingerprint density at radius 1 is 1.17 bits per heavy atom. The number of allylic oxidation sites excluding steroid dienone is 1. The van der Waals surface area contributed by atoms with E-state index in [2.05, 4.69) is 82.5 Å². The molecule has 3 aromatic rings. The summed E-state index contributed by atoms with van der Waals surface area (Å²) in [6, 6.07) is 12.6. The molecule has 0 bridgehead atoms. The number of rotatable bonds is 7. The van der Waals surface area contributed by atoms with Crippen molar-refractivity contribution in [1.82, 2.24) is 19.3 Å². The van der Waals surface area contributed by atoms with Gasteiger partial charge in [0.1, 0.15) is 5.82 Å². The maximum absolute atomic E-state index is 4.42. The highest BCUT2D eigenvalue weighted by Crippen LogP contribution is 2.24. The Morgan fingerprint density at radius 3 is 2.71 bits per heavy atom. The van der Waals surface area contributed by atoms with Crippen LogP contribution in [-0.2, 0) is 25.8 Å². The van der Waals surface area contributed by atoms with Crippen molar-refractivity contribution in [3.63, 3.8) is 0 Å². The van der Waals surface area contributed by atoms with Crippen molar-refractivity contribution >= 4 is 11.8 Å². The SMILES string of the molecule is C=CCn1c(Cc2cccn2C)nnc1SCc1ccccc1C. The van der Waals surface area contributed by atoms with Gasteiger partial charge in [0.15, 0.2) is 5.16 Å². The number of hydrogen-bond acceptors (Lipinski definition) is 3. The third-order valence-electron chi connectivity index (χ3n) is 4.11. The van der Waals surface area contributed by atoms with Crippen molar-refractivity contribution in [3.8, 4) is 0 Å². The van der Waals surface area contributed by atoms with Crippen LogP contribution in [0.25, 0.3) is 0 Å². The van der Waals surface area contributed by atoms with Gasteiger partial charge >= 0.3 is 0 Å². The second-order valence-electron chi connectivity index (χ2n) is 5.80. The molecule has 0 N–H and O–H groups in total. The summed E-state index contributed by atoms with van der Waals surface area (Å²) >= 11 is 1.73. The molecule has 124 valence electrons. The van der Waals surface area contributed by atoms with Crippen LogP contribution in [0.3, 0.4) is 0 Å². The second-order valence-corrected chi connectivity index (χ2v) is 6.74. The lowest BCUT2D eigenvalue weighted by molar-refractivity contribution is 0.681. The van der Waals surface area contributed by atoms with Crippen molar-refractivity contribution in [2.45, 2.75) is 30.8 Å². The van der Waals surface area contributed by atoms with E-state index < -0.39 is 0 Å². The Kier molecular flexibility index (Phi) is 5.20. The molecule has 0 spiro atoms. The van der Waals surface area contributed by atoms with Gasteiger partial charge in [-0.1, -0.05) is 42.1 Å². The van der Waals surface area contributed by atoms with Crippen LogP contribution in [0.1, 0.15) is 22.6 Å². The predicted octanol–water partition coefficient (Wildman–Crippen LogP) is 3.99. The van der Waals surface area contributed by atoms with Crippen molar-refractivity contribution in [2.24, 2.45) is 7.05 Å². The zero-order valence-corrected chi connectivity index (χ0v) is 15.0. The Morgan fingerprint density at radius 2 is 2.00 bits per heavy atom. The molecule has 4 nitrogen and oxygen atoms in total. The van der Waals surface area contributed by atoms with Gasteiger partial charge in [0, 0.05) is 37.7 Å². The van der Waals surface area contributed by atoms with Gasteiger partial charge in [-0.15, -0.1) is 16.8 Å². The molecule has 24 heavy (non-hydrogen) atoms. The van der Waals surface area contributed by atoms with Crippen LogP contribution in [0.2, 0.25) is 0 Å². The predicted molar refractivity (Wildman–Crippen MR) is 99.2 cm³/mol. The maximum atomic E-state index is 4.42. The van der Waals surface area contributed by atoms with Crippen LogP contribution in [0, 0.1) is 6.92 Å². The third-order valence-corrected chi connectivity index (χ3v) is 5.13. The van der Waals surface area contributed by atoms with E-state index in [1.807, 2.05) is 6.08 Å². The average molecular weight is 338 g/mol. The number of hydrogen-bond donors (Lipinski definition) is 0. The Balaban J connectivity index is 1.79. The van der Waals surface area contributed by atoms with E-state index in [4.69, 9.17) is 0 Å². The summed E-state index contributed by atoms with van der Waals surface area (Å²) in [5.74, 6) is 1.87. The summed E-state index contributed by atoms with van der Waals surface area (Å²) in [7, 11) is 2.05. The molecule has 0 aliphatic rings. The lowest BCUT2D eigenvalue weighted by Gasteiger charge is -2.09. The normalized spacial score (nSPS) is 10.9. The maximum Gasteiger partial charge on any atom is 0.191 e. The molecule has 0 fully saturated rings. The summed E-state index contributed by atoms with van der Waals surface area (Å²) in [5, 5.41) is 9.77. The first-order valence-electron chi connectivity index (χ1n) is 7.99. The van der Waals surface area contributed by atoms with Crippen LogP contribution < -0.4 is 0 Å². The summed E-state index contributed by atoms with van der Waals surface area (Å²) in [6.07, 6.45) is 4.72. The number of thioether (sulfide) groups is 1. The van der Waals surface area contributed by atoms with Gasteiger partial charge in [-0.25, -0.2) is 0 Å². The van der Waals surface area contributed by atoms with Crippen LogP contribution in [-0.4, -0.2) is 19.3 Å². The smallest absolute Gasteiger partial charge is 0.191 e. The molecular formula is C19H22N4S. The fourth-order valence-corrected chi connectivity index (χ4v) is 3.67. The Bertz CT molecular complexity index is 832. The molecule has 2 heterocycles. The van der Waals surface area contributed by atoms with Gasteiger partial charge in [-0.2, -0.15) is 0 Å². The van der Waals surface area contributed by atoms with Gasteiger partial charge in [0.05, 0.1) is 0 Å². The number of nitrogens with zero attached hydrogens (tertiary/aromatic N) is 4. The third kappa shape index (κ3) is 3.62. The van der Waals surface area contributed by atoms with Crippen LogP contribution in [0.5, 0.6) is 0 Å². The molecule has 0 saturated heterocycles. The van der Waals surface area contributed by atoms with E-state index >= 15 is 0 Å². The van der Waals surface area contributed by atoms with E-state index in [-0.39, 0.29) is 0 Å². The summed E-state index contributed by atoms with van der Waals surface area (Å²) in [4.78, 5) is 0. The molecule has 5 heteroatoms. The molecule has 1 aromatic carbocycles. The zero-order chi connectivity index (χ0) is 16.9. The Labute approximate surface area is 147 Å². The number of aromatic nitrogens is 4. The van der Waals surface area contributed by atoms with Gasteiger partial charge in [0.25, 0.3) is 0 Å². The highest BCUT2D eigenvalue weighted by Gasteiger charge is 2.13. The van der Waals surface area contributed by atoms with Crippen molar-refractivity contribution in [3.05, 3.63) is 77.9 Å². The number of aryl methyl sites for hydroxylation is 2. The lowest BCUT2D eigenvalue weighted by atomic mass is 10.1. The average Bonchev–Trinajstić information content (AvgIpc) is 3.15. The summed E-state index contributed by atoms with van der Waals surface area (Å²) < 4.78 is 4.27. The van der Waals surface area contributed by atoms with Crippen LogP contribution in [0.4, 0.5) is 0 Å². The first-order chi connectivity index (χ1) is 11.7. The molecule has 0 saturated carbocycles. The highest BCUT2D eigenvalue weighted by molar-refractivity contribution is 7.98. The molecule has 0 amide bonds. The van der Waals surface area contributed by atoms with Gasteiger partial charge in [-0.3, -0.25) is 0 Å². The molecular weight excluding hydrogens is 316 g/mol. The molecule has 0 aliphatic carbocycles. The molecule has 0 radical (unpaired) electrons. The van der Waals surface area contributed by atoms with Crippen LogP contribution >= 0.6 is 11.8 Å². The van der Waals surface area contributed by atoms with E-state index in [0.717, 1.165) is 29.7 Å². The fraction of sp³-hybridized carbons (Fsp3) is 0.263. The minimum absolute atomic E-state index is 0.725. The minimum Gasteiger partial charge on any atom is -0.354 e. The monoisotopic (exact) mass is 338 g/mol. The summed E-state index contributed by atoms with van der Waals surface area (Å²) in [6.45, 7) is 6.74. The summed E-state index contributed by atoms with van der Waals surface area (Å²) in [5.41, 5.74) is 3.87. The van der Waals surface area contributed by atoms with Gasteiger partial charge in [0.2, 0.25) is 0 Å². The molecule has 0 atom stereocenters. The van der Waals surface area contributed by atoms with Crippen molar-refractivity contribution in [2.75, 3.05) is 0 Å². The van der Waals surface area contributed by atoms with Crippen molar-refractivity contribution in [1.29, 1.82) is 0 Å². The van der Waals surface area contributed by atoms with Crippen molar-refractivity contribution < 1.29 is 0 Å². The molecule has 0 unspecified atom stereocenters. The lowest BCUT2D eigenvalue weighted by Crippen LogP contribution is -2.06. The molecule has 3 rings (SSSR count). The number of benzene rings is 1. The minimum atomic E-state index is 0.725. The highest BCUT2D eigenvalue weighted by atomic mass is 32.2. The van der Waals surface area contributed by atoms with Gasteiger partial charge in [-0.05, 0) is 30.2 Å². The molecule has 0 aliphatic heterocycles. The second kappa shape index (κ2) is 7.53. The van der Waals surface area contributed by atoms with Crippen LogP contribution in [0.15, 0.2) is 60.4 Å². The quantitative estimate of drug-likeness (QED) is 0.483. The van der Waals surface area contributed by atoms with E-state index in [9.17, 15) is 0 Å². The van der Waals surface area contributed by atoms with E-state index in [0.29, 0.717) is 0 Å². The first kappa shape index (κ1) is 16.6. The largest absolute Gasteiger partial charge is 0.354 e. The first-order valence-corrected chi connectivity index (χ1v) is 8.98. The zero-order valence-electron chi connectivity index (χ0n) is 14.1. The standard InChI is InChI=1S/C19H22N4S/c1-4-11-23-18(13-17-10-7-12-22(17)3)20-21-19(23)24-14-16-9-6-5-8-15(16)2/h4-10,12H,1,11,13-14H2,2-3H3. The topological polar surface area (TPSA) is 35.6 Å². The molecule has 2 aromatic heterocycles.